The average molecular weight is 431 g/mol. The Morgan fingerprint density at radius 1 is 1.00 bits per heavy atom. The number of ether oxygens (including phenoxy) is 1. The Kier molecular flexibility index (Phi) is 5.73. The van der Waals surface area contributed by atoms with E-state index in [1.54, 1.807) is 6.92 Å². The molecule has 0 spiro atoms. The molecule has 0 bridgehead atoms. The van der Waals surface area contributed by atoms with Crippen molar-refractivity contribution in [3.05, 3.63) is 82.9 Å². The third-order valence-corrected chi connectivity index (χ3v) is 5.90. The lowest BCUT2D eigenvalue weighted by Crippen LogP contribution is -2.34. The minimum Gasteiger partial charge on any atom is -0.478 e. The molecule has 8 heteroatoms. The van der Waals surface area contributed by atoms with Crippen LogP contribution in [0.1, 0.15) is 33.0 Å². The van der Waals surface area contributed by atoms with Gasteiger partial charge in [0.25, 0.3) is 0 Å². The van der Waals surface area contributed by atoms with E-state index in [-0.39, 0.29) is 29.2 Å². The molecule has 1 aliphatic rings. The normalized spacial score (nSPS) is 12.1. The van der Waals surface area contributed by atoms with Crippen molar-refractivity contribution in [2.75, 3.05) is 18.6 Å². The van der Waals surface area contributed by atoms with Gasteiger partial charge in [-0.25, -0.2) is 9.59 Å². The van der Waals surface area contributed by atoms with Gasteiger partial charge in [0, 0.05) is 13.0 Å². The fourth-order valence-corrected chi connectivity index (χ4v) is 4.23. The summed E-state index contributed by atoms with van der Waals surface area (Å²) in [5.74, 6) is -1.34. The molecule has 0 unspecified atom stereocenters. The SMILES string of the molecule is Cc1c(C(=O)O)cc(B(O)O)cc1N(C)C(=O)OCC1c2ccccc2-c2ccccc21. The van der Waals surface area contributed by atoms with E-state index >= 15 is 0 Å². The lowest BCUT2D eigenvalue weighted by Gasteiger charge is -2.23. The largest absolute Gasteiger partial charge is 0.488 e. The van der Waals surface area contributed by atoms with E-state index in [4.69, 9.17) is 4.74 Å². The Bertz CT molecular complexity index is 1160. The maximum atomic E-state index is 12.9. The highest BCUT2D eigenvalue weighted by molar-refractivity contribution is 6.59. The van der Waals surface area contributed by atoms with Crippen LogP contribution in [0.3, 0.4) is 0 Å². The zero-order valence-electron chi connectivity index (χ0n) is 17.6. The molecule has 4 rings (SSSR count). The number of carbonyl (C=O) groups excluding carboxylic acids is 1. The van der Waals surface area contributed by atoms with Crippen LogP contribution in [-0.4, -0.2) is 48.0 Å². The first-order valence-corrected chi connectivity index (χ1v) is 10.1. The van der Waals surface area contributed by atoms with Gasteiger partial charge in [0.1, 0.15) is 6.61 Å². The van der Waals surface area contributed by atoms with Crippen molar-refractivity contribution in [3.8, 4) is 11.1 Å². The van der Waals surface area contributed by atoms with Gasteiger partial charge in [-0.15, -0.1) is 0 Å². The lowest BCUT2D eigenvalue weighted by atomic mass is 9.78. The molecular weight excluding hydrogens is 409 g/mol. The van der Waals surface area contributed by atoms with E-state index in [1.165, 1.54) is 24.1 Å². The van der Waals surface area contributed by atoms with Crippen LogP contribution in [0.2, 0.25) is 0 Å². The van der Waals surface area contributed by atoms with Gasteiger partial charge in [-0.2, -0.15) is 0 Å². The molecule has 0 aromatic heterocycles. The van der Waals surface area contributed by atoms with Crippen LogP contribution < -0.4 is 10.4 Å². The summed E-state index contributed by atoms with van der Waals surface area (Å²) in [6.45, 7) is 1.67. The first-order valence-electron chi connectivity index (χ1n) is 10.1. The van der Waals surface area contributed by atoms with Gasteiger partial charge in [0.05, 0.1) is 11.3 Å². The molecule has 32 heavy (non-hydrogen) atoms. The number of anilines is 1. The van der Waals surface area contributed by atoms with Gasteiger partial charge in [0.2, 0.25) is 0 Å². The van der Waals surface area contributed by atoms with E-state index in [9.17, 15) is 24.7 Å². The molecule has 0 aliphatic heterocycles. The van der Waals surface area contributed by atoms with Crippen LogP contribution >= 0.6 is 0 Å². The number of amides is 1. The van der Waals surface area contributed by atoms with Gasteiger partial charge < -0.3 is 19.9 Å². The van der Waals surface area contributed by atoms with Gasteiger partial charge in [-0.3, -0.25) is 4.90 Å². The average Bonchev–Trinajstić information content (AvgIpc) is 3.10. The second-order valence-corrected chi connectivity index (χ2v) is 7.75. The van der Waals surface area contributed by atoms with Crippen molar-refractivity contribution < 1.29 is 29.5 Å². The molecule has 0 fully saturated rings. The predicted octanol–water partition coefficient (Wildman–Crippen LogP) is 2.76. The van der Waals surface area contributed by atoms with Gasteiger partial charge in [0.15, 0.2) is 0 Å². The number of carboxylic acid groups (broad SMARTS) is 1. The van der Waals surface area contributed by atoms with E-state index in [0.717, 1.165) is 22.3 Å². The second kappa shape index (κ2) is 8.49. The summed E-state index contributed by atoms with van der Waals surface area (Å²) in [5, 5.41) is 28.5. The van der Waals surface area contributed by atoms with Gasteiger partial charge >= 0.3 is 19.2 Å². The summed E-state index contributed by atoms with van der Waals surface area (Å²) in [5.41, 5.74) is 4.79. The Labute approximate surface area is 185 Å². The molecule has 0 atom stereocenters. The van der Waals surface area contributed by atoms with Crippen LogP contribution in [0, 0.1) is 6.92 Å². The maximum Gasteiger partial charge on any atom is 0.488 e. The molecule has 162 valence electrons. The summed E-state index contributed by atoms with van der Waals surface area (Å²) in [6, 6.07) is 18.5. The lowest BCUT2D eigenvalue weighted by molar-refractivity contribution is 0.0696. The molecule has 1 aliphatic carbocycles. The number of rotatable bonds is 5. The maximum absolute atomic E-state index is 12.9. The fourth-order valence-electron chi connectivity index (χ4n) is 4.23. The Hall–Kier alpha value is -3.62. The summed E-state index contributed by atoms with van der Waals surface area (Å²) < 4.78 is 5.63. The third kappa shape index (κ3) is 3.74. The summed E-state index contributed by atoms with van der Waals surface area (Å²) in [4.78, 5) is 25.6. The van der Waals surface area contributed by atoms with Crippen LogP contribution in [0.15, 0.2) is 60.7 Å². The molecule has 0 radical (unpaired) electrons. The van der Waals surface area contributed by atoms with E-state index in [1.807, 2.05) is 48.5 Å². The van der Waals surface area contributed by atoms with Crippen molar-refractivity contribution in [3.63, 3.8) is 0 Å². The standard InChI is InChI=1S/C24H22BNO6/c1-14-20(23(27)28)11-15(25(30)31)12-22(14)26(2)24(29)32-13-21-18-9-5-3-7-16(18)17-8-4-6-10-19(17)21/h3-12,21,30-31H,13H2,1-2H3,(H,27,28). The number of hydrogen-bond acceptors (Lipinski definition) is 5. The van der Waals surface area contributed by atoms with E-state index in [2.05, 4.69) is 0 Å². The van der Waals surface area contributed by atoms with Crippen LogP contribution in [0.25, 0.3) is 11.1 Å². The molecule has 7 nitrogen and oxygen atoms in total. The Morgan fingerprint density at radius 3 is 2.09 bits per heavy atom. The molecule has 3 N–H and O–H groups in total. The first kappa shape index (κ1) is 21.6. The minimum absolute atomic E-state index is 0.0266. The number of carboxylic acids is 1. The first-order chi connectivity index (χ1) is 15.3. The molecule has 1 amide bonds. The van der Waals surface area contributed by atoms with Crippen molar-refractivity contribution in [1.82, 2.24) is 0 Å². The number of aromatic carboxylic acids is 1. The molecule has 0 saturated carbocycles. The topological polar surface area (TPSA) is 107 Å². The Morgan fingerprint density at radius 2 is 1.56 bits per heavy atom. The summed E-state index contributed by atoms with van der Waals surface area (Å²) in [7, 11) is -0.413. The highest BCUT2D eigenvalue weighted by Crippen LogP contribution is 2.44. The molecule has 0 saturated heterocycles. The van der Waals surface area contributed by atoms with Gasteiger partial charge in [-0.1, -0.05) is 48.5 Å². The predicted molar refractivity (Wildman–Crippen MR) is 121 cm³/mol. The van der Waals surface area contributed by atoms with Crippen molar-refractivity contribution in [2.24, 2.45) is 0 Å². The van der Waals surface area contributed by atoms with Crippen LogP contribution in [0.5, 0.6) is 0 Å². The minimum atomic E-state index is -1.87. The molecule has 0 heterocycles. The zero-order valence-corrected chi connectivity index (χ0v) is 17.6. The second-order valence-electron chi connectivity index (χ2n) is 7.75. The highest BCUT2D eigenvalue weighted by atomic mass is 16.6. The quantitative estimate of drug-likeness (QED) is 0.537. The monoisotopic (exact) mass is 431 g/mol. The molecule has 3 aromatic carbocycles. The number of nitrogens with zero attached hydrogens (tertiary/aromatic N) is 1. The number of carbonyl (C=O) groups is 2. The molecule has 3 aromatic rings. The summed E-state index contributed by atoms with van der Waals surface area (Å²) >= 11 is 0. The third-order valence-electron chi connectivity index (χ3n) is 5.90. The van der Waals surface area contributed by atoms with Crippen molar-refractivity contribution in [2.45, 2.75) is 12.8 Å². The number of benzene rings is 3. The Balaban J connectivity index is 1.59. The zero-order chi connectivity index (χ0) is 23.0. The van der Waals surface area contributed by atoms with Gasteiger partial charge in [-0.05, 0) is 52.3 Å². The van der Waals surface area contributed by atoms with Crippen molar-refractivity contribution >= 4 is 30.3 Å². The van der Waals surface area contributed by atoms with Crippen LogP contribution in [0.4, 0.5) is 10.5 Å². The van der Waals surface area contributed by atoms with Crippen LogP contribution in [-0.2, 0) is 4.74 Å². The summed E-state index contributed by atoms with van der Waals surface area (Å²) in [6.07, 6.45) is -0.670. The van der Waals surface area contributed by atoms with E-state index in [0.29, 0.717) is 5.56 Å². The molecular formula is C24H22BNO6. The smallest absolute Gasteiger partial charge is 0.478 e. The van der Waals surface area contributed by atoms with Crippen molar-refractivity contribution in [1.29, 1.82) is 0 Å². The van der Waals surface area contributed by atoms with E-state index < -0.39 is 19.2 Å². The highest BCUT2D eigenvalue weighted by Gasteiger charge is 2.30. The number of fused-ring (bicyclic) bond motifs is 3. The number of hydrogen-bond donors (Lipinski definition) is 3. The fraction of sp³-hybridized carbons (Fsp3) is 0.167.